The topological polar surface area (TPSA) is 9.23 Å². The van der Waals surface area contributed by atoms with E-state index in [1.165, 1.54) is 0 Å². The predicted molar refractivity (Wildman–Crippen MR) is 49.0 cm³/mol. The van der Waals surface area contributed by atoms with Crippen molar-refractivity contribution >= 4 is 0 Å². The second kappa shape index (κ2) is 2.55. The van der Waals surface area contributed by atoms with Crippen molar-refractivity contribution in [3.8, 4) is 0 Å². The fourth-order valence-corrected chi connectivity index (χ4v) is 1.76. The first-order chi connectivity index (χ1) is 6.00. The van der Waals surface area contributed by atoms with Crippen LogP contribution in [0.2, 0.25) is 0 Å². The molecule has 0 aromatic heterocycles. The van der Waals surface area contributed by atoms with E-state index in [1.807, 2.05) is 19.9 Å². The summed E-state index contributed by atoms with van der Waals surface area (Å²) in [7, 11) is 0. The highest BCUT2D eigenvalue weighted by molar-refractivity contribution is 5.38. The van der Waals surface area contributed by atoms with Gasteiger partial charge in [-0.2, -0.15) is 0 Å². The van der Waals surface area contributed by atoms with Crippen LogP contribution in [0.1, 0.15) is 30.5 Å². The Bertz CT molecular complexity index is 355. The molecular formula is C11H13FO. The van der Waals surface area contributed by atoms with Gasteiger partial charge >= 0.3 is 0 Å². The highest BCUT2D eigenvalue weighted by atomic mass is 19.1. The van der Waals surface area contributed by atoms with Gasteiger partial charge < -0.3 is 4.74 Å². The molecule has 0 aliphatic carbocycles. The van der Waals surface area contributed by atoms with Crippen molar-refractivity contribution in [2.75, 3.05) is 0 Å². The first-order valence-corrected chi connectivity index (χ1v) is 4.44. The third-order valence-electron chi connectivity index (χ3n) is 2.62. The smallest absolute Gasteiger partial charge is 0.126 e. The Hall–Kier alpha value is -0.890. The van der Waals surface area contributed by atoms with Crippen LogP contribution in [0.4, 0.5) is 4.39 Å². The van der Waals surface area contributed by atoms with Crippen LogP contribution in [-0.2, 0) is 16.9 Å². The molecule has 0 atom stereocenters. The molecule has 1 heterocycles. The van der Waals surface area contributed by atoms with Crippen molar-refractivity contribution in [2.24, 2.45) is 0 Å². The number of aryl methyl sites for hydroxylation is 1. The molecule has 1 aromatic rings. The van der Waals surface area contributed by atoms with E-state index in [9.17, 15) is 4.39 Å². The summed E-state index contributed by atoms with van der Waals surface area (Å²) >= 11 is 0. The summed E-state index contributed by atoms with van der Waals surface area (Å²) in [6.45, 7) is 6.31. The van der Waals surface area contributed by atoms with Crippen LogP contribution in [-0.4, -0.2) is 0 Å². The average Bonchev–Trinajstić information content (AvgIpc) is 2.31. The molecule has 0 saturated heterocycles. The van der Waals surface area contributed by atoms with Crippen molar-refractivity contribution < 1.29 is 9.13 Å². The number of benzene rings is 1. The molecule has 0 saturated carbocycles. The number of rotatable bonds is 0. The standard InChI is InChI=1S/C11H13FO/c1-7-4-8-6-13-11(2,3)9(8)5-10(7)12/h4-5H,6H2,1-3H3. The Balaban J connectivity index is 2.61. The summed E-state index contributed by atoms with van der Waals surface area (Å²) in [5.41, 5.74) is 2.46. The number of ether oxygens (including phenoxy) is 1. The molecule has 0 bridgehead atoms. The van der Waals surface area contributed by atoms with Gasteiger partial charge in [-0.15, -0.1) is 0 Å². The van der Waals surface area contributed by atoms with Gasteiger partial charge in [-0.1, -0.05) is 6.07 Å². The summed E-state index contributed by atoms with van der Waals surface area (Å²) < 4.78 is 18.8. The zero-order valence-corrected chi connectivity index (χ0v) is 8.15. The Morgan fingerprint density at radius 1 is 1.38 bits per heavy atom. The summed E-state index contributed by atoms with van der Waals surface area (Å²) in [6.07, 6.45) is 0. The predicted octanol–water partition coefficient (Wildman–Crippen LogP) is 2.90. The summed E-state index contributed by atoms with van der Waals surface area (Å²) in [5.74, 6) is -0.141. The SMILES string of the molecule is Cc1cc2c(cc1F)C(C)(C)OC2. The second-order valence-corrected chi connectivity index (χ2v) is 4.06. The summed E-state index contributed by atoms with van der Waals surface area (Å²) in [5, 5.41) is 0. The zero-order valence-electron chi connectivity index (χ0n) is 8.15. The molecule has 1 nitrogen and oxygen atoms in total. The maximum Gasteiger partial charge on any atom is 0.126 e. The Morgan fingerprint density at radius 2 is 2.08 bits per heavy atom. The van der Waals surface area contributed by atoms with Crippen molar-refractivity contribution in [2.45, 2.75) is 33.0 Å². The molecular weight excluding hydrogens is 167 g/mol. The van der Waals surface area contributed by atoms with Crippen LogP contribution in [0.3, 0.4) is 0 Å². The minimum atomic E-state index is -0.329. The lowest BCUT2D eigenvalue weighted by Crippen LogP contribution is -2.14. The van der Waals surface area contributed by atoms with Gasteiger partial charge in [-0.25, -0.2) is 4.39 Å². The second-order valence-electron chi connectivity index (χ2n) is 4.06. The van der Waals surface area contributed by atoms with Gasteiger partial charge in [0.2, 0.25) is 0 Å². The molecule has 2 rings (SSSR count). The van der Waals surface area contributed by atoms with E-state index in [1.54, 1.807) is 13.0 Å². The van der Waals surface area contributed by atoms with E-state index in [-0.39, 0.29) is 11.4 Å². The van der Waals surface area contributed by atoms with Gasteiger partial charge in [0.1, 0.15) is 5.82 Å². The Morgan fingerprint density at radius 3 is 2.77 bits per heavy atom. The minimum Gasteiger partial charge on any atom is -0.366 e. The van der Waals surface area contributed by atoms with E-state index in [2.05, 4.69) is 0 Å². The fourth-order valence-electron chi connectivity index (χ4n) is 1.76. The molecule has 70 valence electrons. The molecule has 0 N–H and O–H groups in total. The third-order valence-corrected chi connectivity index (χ3v) is 2.62. The van der Waals surface area contributed by atoms with Crippen LogP contribution in [0.25, 0.3) is 0 Å². The number of fused-ring (bicyclic) bond motifs is 1. The lowest BCUT2D eigenvalue weighted by molar-refractivity contribution is -0.00798. The fraction of sp³-hybridized carbons (Fsp3) is 0.455. The molecule has 1 aliphatic rings. The molecule has 1 aliphatic heterocycles. The normalized spacial score (nSPS) is 18.8. The average molecular weight is 180 g/mol. The Labute approximate surface area is 77.5 Å². The van der Waals surface area contributed by atoms with Crippen molar-refractivity contribution in [3.05, 3.63) is 34.6 Å². The van der Waals surface area contributed by atoms with Gasteiger partial charge in [0.25, 0.3) is 0 Å². The van der Waals surface area contributed by atoms with Crippen LogP contribution in [0, 0.1) is 12.7 Å². The van der Waals surface area contributed by atoms with Crippen LogP contribution in [0.15, 0.2) is 12.1 Å². The lowest BCUT2D eigenvalue weighted by atomic mass is 9.95. The van der Waals surface area contributed by atoms with Crippen LogP contribution >= 0.6 is 0 Å². The number of halogens is 1. The van der Waals surface area contributed by atoms with Gasteiger partial charge in [0.05, 0.1) is 12.2 Å². The zero-order chi connectivity index (χ0) is 9.64. The minimum absolute atomic E-state index is 0.141. The third kappa shape index (κ3) is 1.25. The van der Waals surface area contributed by atoms with Crippen LogP contribution in [0.5, 0.6) is 0 Å². The van der Waals surface area contributed by atoms with Gasteiger partial charge in [-0.05, 0) is 43.5 Å². The monoisotopic (exact) mass is 180 g/mol. The maximum atomic E-state index is 13.3. The molecule has 0 radical (unpaired) electrons. The highest BCUT2D eigenvalue weighted by Gasteiger charge is 2.31. The van der Waals surface area contributed by atoms with E-state index >= 15 is 0 Å². The van der Waals surface area contributed by atoms with Gasteiger partial charge in [0, 0.05) is 0 Å². The van der Waals surface area contributed by atoms with E-state index in [0.717, 1.165) is 11.1 Å². The van der Waals surface area contributed by atoms with E-state index < -0.39 is 0 Å². The molecule has 0 fully saturated rings. The van der Waals surface area contributed by atoms with E-state index in [0.29, 0.717) is 12.2 Å². The highest BCUT2D eigenvalue weighted by Crippen LogP contribution is 2.36. The van der Waals surface area contributed by atoms with Crippen molar-refractivity contribution in [1.29, 1.82) is 0 Å². The number of hydrogen-bond donors (Lipinski definition) is 0. The maximum absolute atomic E-state index is 13.3. The number of hydrogen-bond acceptors (Lipinski definition) is 1. The van der Waals surface area contributed by atoms with Gasteiger partial charge in [-0.3, -0.25) is 0 Å². The van der Waals surface area contributed by atoms with E-state index in [4.69, 9.17) is 4.74 Å². The lowest BCUT2D eigenvalue weighted by Gasteiger charge is -2.18. The molecule has 1 aromatic carbocycles. The largest absolute Gasteiger partial charge is 0.366 e. The van der Waals surface area contributed by atoms with Crippen LogP contribution < -0.4 is 0 Å². The quantitative estimate of drug-likeness (QED) is 0.596. The molecule has 0 amide bonds. The van der Waals surface area contributed by atoms with Gasteiger partial charge in [0.15, 0.2) is 0 Å². The van der Waals surface area contributed by atoms with Crippen molar-refractivity contribution in [1.82, 2.24) is 0 Å². The molecule has 2 heteroatoms. The Kier molecular flexibility index (Phi) is 1.70. The summed E-state index contributed by atoms with van der Waals surface area (Å²) in [6, 6.07) is 3.47. The first kappa shape index (κ1) is 8.70. The summed E-state index contributed by atoms with van der Waals surface area (Å²) in [4.78, 5) is 0. The van der Waals surface area contributed by atoms with Crippen molar-refractivity contribution in [3.63, 3.8) is 0 Å². The molecule has 0 spiro atoms. The molecule has 13 heavy (non-hydrogen) atoms. The molecule has 0 unspecified atom stereocenters. The first-order valence-electron chi connectivity index (χ1n) is 4.44.